The van der Waals surface area contributed by atoms with Crippen molar-refractivity contribution in [1.29, 1.82) is 0 Å². The molecule has 11 heteroatoms. The molecule has 0 atom stereocenters. The third-order valence-corrected chi connectivity index (χ3v) is 0.803. The summed E-state index contributed by atoms with van der Waals surface area (Å²) >= 11 is 0. The quantitative estimate of drug-likeness (QED) is 0.332. The fourth-order valence-corrected chi connectivity index (χ4v) is 0.370. The molecule has 4 N–H and O–H groups in total. The fraction of sp³-hybridized carbons (Fsp3) is 0.727. The Morgan fingerprint density at radius 3 is 0.818 bits per heavy atom. The molecule has 132 valence electrons. The molecule has 0 amide bonds. The van der Waals surface area contributed by atoms with E-state index in [4.69, 9.17) is 20.4 Å². The molecule has 0 spiro atoms. The first-order chi connectivity index (χ1) is 9.72. The standard InChI is InChI=1S/3C3H6O3.C2H6O.Ti/c3*1-2-6-3(4)5;1-2-3;/h3*2H2,1H3,(H,4,5);3H,2H2,1H3;. The van der Waals surface area contributed by atoms with E-state index in [0.29, 0.717) is 0 Å². The smallest absolute Gasteiger partial charge is 0.450 e. The Hall–Kier alpha value is -1.52. The van der Waals surface area contributed by atoms with E-state index < -0.39 is 18.5 Å². The van der Waals surface area contributed by atoms with E-state index in [1.54, 1.807) is 27.7 Å². The molecule has 10 nitrogen and oxygen atoms in total. The van der Waals surface area contributed by atoms with E-state index >= 15 is 0 Å². The number of aliphatic hydroxyl groups is 1. The first kappa shape index (κ1) is 32.4. The summed E-state index contributed by atoms with van der Waals surface area (Å²) in [6.45, 7) is 7.48. The topological polar surface area (TPSA) is 160 Å². The molecule has 0 aromatic carbocycles. The molecule has 0 heterocycles. The van der Waals surface area contributed by atoms with Gasteiger partial charge in [0, 0.05) is 28.3 Å². The first-order valence-corrected chi connectivity index (χ1v) is 5.91. The molecule has 0 saturated heterocycles. The van der Waals surface area contributed by atoms with Gasteiger partial charge in [-0.3, -0.25) is 0 Å². The largest absolute Gasteiger partial charge is 0.505 e. The van der Waals surface area contributed by atoms with Gasteiger partial charge in [0.15, 0.2) is 0 Å². The van der Waals surface area contributed by atoms with E-state index in [0.717, 1.165) is 0 Å². The molecule has 0 fully saturated rings. The van der Waals surface area contributed by atoms with E-state index in [1.807, 2.05) is 0 Å². The molecule has 0 aliphatic rings. The third-order valence-electron chi connectivity index (χ3n) is 0.803. The number of carbonyl (C=O) groups is 3. The molecule has 22 heavy (non-hydrogen) atoms. The minimum absolute atomic E-state index is 0. The molecule has 0 aliphatic carbocycles. The Morgan fingerprint density at radius 2 is 0.818 bits per heavy atom. The van der Waals surface area contributed by atoms with Gasteiger partial charge >= 0.3 is 18.5 Å². The van der Waals surface area contributed by atoms with Crippen LogP contribution in [-0.2, 0) is 35.9 Å². The normalized spacial score (nSPS) is 6.95. The summed E-state index contributed by atoms with van der Waals surface area (Å²) in [5.41, 5.74) is 0. The van der Waals surface area contributed by atoms with Crippen LogP contribution in [0.2, 0.25) is 0 Å². The van der Waals surface area contributed by atoms with Gasteiger partial charge in [-0.15, -0.1) is 0 Å². The third kappa shape index (κ3) is 101. The van der Waals surface area contributed by atoms with E-state index in [-0.39, 0.29) is 48.1 Å². The molecule has 0 bridgehead atoms. The molecule has 0 saturated carbocycles. The molecule has 0 aromatic rings. The number of aliphatic hydroxyl groups excluding tert-OH is 1. The second-order valence-electron chi connectivity index (χ2n) is 2.41. The van der Waals surface area contributed by atoms with Gasteiger partial charge in [-0.1, -0.05) is 0 Å². The van der Waals surface area contributed by atoms with Crippen LogP contribution in [0.15, 0.2) is 0 Å². The van der Waals surface area contributed by atoms with Crippen molar-refractivity contribution < 1.29 is 70.7 Å². The van der Waals surface area contributed by atoms with Crippen molar-refractivity contribution in [3.8, 4) is 0 Å². The van der Waals surface area contributed by atoms with Crippen LogP contribution in [0.4, 0.5) is 14.4 Å². The average molecular weight is 364 g/mol. The second-order valence-corrected chi connectivity index (χ2v) is 2.41. The zero-order valence-corrected chi connectivity index (χ0v) is 14.6. The molecule has 0 aliphatic heterocycles. The van der Waals surface area contributed by atoms with Gasteiger partial charge in [0.1, 0.15) is 0 Å². The molecule has 0 radical (unpaired) electrons. The number of ether oxygens (including phenoxy) is 3. The van der Waals surface area contributed by atoms with Crippen molar-refractivity contribution in [3.63, 3.8) is 0 Å². The van der Waals surface area contributed by atoms with Crippen LogP contribution in [0.5, 0.6) is 0 Å². The minimum Gasteiger partial charge on any atom is -0.450 e. The summed E-state index contributed by atoms with van der Waals surface area (Å²) in [5.74, 6) is 0. The van der Waals surface area contributed by atoms with E-state index in [1.165, 1.54) is 0 Å². The van der Waals surface area contributed by atoms with Gasteiger partial charge in [0.05, 0.1) is 19.8 Å². The van der Waals surface area contributed by atoms with E-state index in [9.17, 15) is 14.4 Å². The van der Waals surface area contributed by atoms with Crippen molar-refractivity contribution in [2.24, 2.45) is 0 Å². The van der Waals surface area contributed by atoms with Gasteiger partial charge < -0.3 is 34.6 Å². The van der Waals surface area contributed by atoms with Crippen molar-refractivity contribution in [3.05, 3.63) is 0 Å². The molecule has 0 aromatic heterocycles. The number of hydrogen-bond acceptors (Lipinski definition) is 7. The molecule has 0 unspecified atom stereocenters. The molecular weight excluding hydrogens is 340 g/mol. The first-order valence-electron chi connectivity index (χ1n) is 5.91. The van der Waals surface area contributed by atoms with Crippen molar-refractivity contribution in [1.82, 2.24) is 0 Å². The maximum atomic E-state index is 9.38. The van der Waals surface area contributed by atoms with E-state index in [2.05, 4.69) is 14.2 Å². The van der Waals surface area contributed by atoms with Crippen LogP contribution in [0.1, 0.15) is 27.7 Å². The Balaban J connectivity index is -0.0000000591. The number of carboxylic acid groups (broad SMARTS) is 3. The summed E-state index contributed by atoms with van der Waals surface area (Å²) in [5, 5.41) is 30.6. The monoisotopic (exact) mass is 364 g/mol. The average Bonchev–Trinajstić information content (AvgIpc) is 2.30. The Labute approximate surface area is 143 Å². The van der Waals surface area contributed by atoms with Gasteiger partial charge in [0.25, 0.3) is 0 Å². The summed E-state index contributed by atoms with van der Waals surface area (Å²) < 4.78 is 11.9. The second kappa shape index (κ2) is 31.7. The predicted molar refractivity (Wildman–Crippen MR) is 71.7 cm³/mol. The van der Waals surface area contributed by atoms with Crippen molar-refractivity contribution in [2.45, 2.75) is 27.7 Å². The van der Waals surface area contributed by atoms with Gasteiger partial charge in [0.2, 0.25) is 0 Å². The molecular formula is C11H24O10Ti. The predicted octanol–water partition coefficient (Wildman–Crippen LogP) is 2.10. The Morgan fingerprint density at radius 1 is 0.682 bits per heavy atom. The van der Waals surface area contributed by atoms with Crippen LogP contribution in [-0.4, -0.2) is 65.3 Å². The Bertz CT molecular complexity index is 209. The number of hydrogen-bond donors (Lipinski definition) is 4. The number of rotatable bonds is 3. The summed E-state index contributed by atoms with van der Waals surface area (Å²) in [4.78, 5) is 28.1. The summed E-state index contributed by atoms with van der Waals surface area (Å²) in [6, 6.07) is 0. The van der Waals surface area contributed by atoms with Crippen LogP contribution >= 0.6 is 0 Å². The minimum atomic E-state index is -1.21. The van der Waals surface area contributed by atoms with Gasteiger partial charge in [-0.05, 0) is 27.7 Å². The van der Waals surface area contributed by atoms with Crippen molar-refractivity contribution in [2.75, 3.05) is 26.4 Å². The van der Waals surface area contributed by atoms with Gasteiger partial charge in [-0.2, -0.15) is 0 Å². The summed E-state index contributed by atoms with van der Waals surface area (Å²) in [7, 11) is 0. The van der Waals surface area contributed by atoms with Crippen LogP contribution in [0.25, 0.3) is 0 Å². The maximum Gasteiger partial charge on any atom is 0.505 e. The maximum absolute atomic E-state index is 9.38. The van der Waals surface area contributed by atoms with Crippen LogP contribution in [0, 0.1) is 0 Å². The van der Waals surface area contributed by atoms with Crippen molar-refractivity contribution >= 4 is 18.5 Å². The Kier molecular flexibility index (Phi) is 46.8. The molecule has 0 rings (SSSR count). The van der Waals surface area contributed by atoms with Crippen LogP contribution < -0.4 is 0 Å². The zero-order valence-electron chi connectivity index (χ0n) is 13.1. The SMILES string of the molecule is CCO.CCOC(=O)O.CCOC(=O)O.CCOC(=O)O.[Ti]. The van der Waals surface area contributed by atoms with Gasteiger partial charge in [-0.25, -0.2) is 14.4 Å². The van der Waals surface area contributed by atoms with Crippen LogP contribution in [0.3, 0.4) is 0 Å². The fourth-order valence-electron chi connectivity index (χ4n) is 0.370. The summed E-state index contributed by atoms with van der Waals surface area (Å²) in [6.07, 6.45) is -3.63. The zero-order chi connectivity index (χ0) is 17.7.